The van der Waals surface area contributed by atoms with Crippen molar-refractivity contribution in [2.24, 2.45) is 0 Å². The largest absolute Gasteiger partial charge is 0.496 e. The maximum absolute atomic E-state index is 11.8. The van der Waals surface area contributed by atoms with Crippen LogP contribution in [0.3, 0.4) is 0 Å². The van der Waals surface area contributed by atoms with E-state index < -0.39 is 11.9 Å². The van der Waals surface area contributed by atoms with Crippen LogP contribution >= 0.6 is 0 Å². The summed E-state index contributed by atoms with van der Waals surface area (Å²) >= 11 is 0. The predicted octanol–water partition coefficient (Wildman–Crippen LogP) is 3.70. The Bertz CT molecular complexity index is 755. The number of hydrogen-bond acceptors (Lipinski definition) is 3. The van der Waals surface area contributed by atoms with E-state index in [1.807, 2.05) is 48.5 Å². The van der Waals surface area contributed by atoms with Crippen molar-refractivity contribution in [2.75, 3.05) is 13.7 Å². The van der Waals surface area contributed by atoms with Crippen LogP contribution in [0.5, 0.6) is 5.75 Å². The minimum absolute atomic E-state index is 0.117. The molecule has 4 heteroatoms. The van der Waals surface area contributed by atoms with Gasteiger partial charge in [0.25, 0.3) is 0 Å². The number of nitrogens with one attached hydrogen (secondary N) is 1. The molecule has 0 saturated carbocycles. The van der Waals surface area contributed by atoms with Gasteiger partial charge in [0.05, 0.1) is 13.0 Å². The van der Waals surface area contributed by atoms with Gasteiger partial charge in [-0.25, -0.2) is 0 Å². The zero-order valence-corrected chi connectivity index (χ0v) is 14.3. The van der Waals surface area contributed by atoms with Crippen molar-refractivity contribution >= 4 is 11.5 Å². The number of carbonyl (C=O) groups is 1. The number of rotatable bonds is 6. The van der Waals surface area contributed by atoms with E-state index in [-0.39, 0.29) is 6.04 Å². The van der Waals surface area contributed by atoms with Crippen molar-refractivity contribution in [2.45, 2.75) is 24.8 Å². The first-order valence-electron chi connectivity index (χ1n) is 8.52. The van der Waals surface area contributed by atoms with E-state index in [4.69, 9.17) is 4.74 Å². The third kappa shape index (κ3) is 4.09. The predicted molar refractivity (Wildman–Crippen MR) is 98.8 cm³/mol. The summed E-state index contributed by atoms with van der Waals surface area (Å²) in [5, 5.41) is 13.1. The summed E-state index contributed by atoms with van der Waals surface area (Å²) < 4.78 is 5.47. The van der Waals surface area contributed by atoms with Crippen LogP contribution in [0, 0.1) is 0 Å². The molecule has 0 fully saturated rings. The average Bonchev–Trinajstić information content (AvgIpc) is 2.66. The van der Waals surface area contributed by atoms with Crippen LogP contribution in [0.15, 0.2) is 60.7 Å². The molecule has 2 N–H and O–H groups in total. The van der Waals surface area contributed by atoms with Crippen molar-refractivity contribution in [1.29, 1.82) is 0 Å². The van der Waals surface area contributed by atoms with E-state index >= 15 is 0 Å². The number of hydrogen-bond donors (Lipinski definition) is 2. The Hall–Kier alpha value is -2.59. The van der Waals surface area contributed by atoms with Gasteiger partial charge >= 0.3 is 5.97 Å². The number of aliphatic carboxylic acids is 1. The summed E-state index contributed by atoms with van der Waals surface area (Å²) in [6, 6.07) is 17.5. The lowest BCUT2D eigenvalue weighted by Crippen LogP contribution is -2.35. The standard InChI is InChI=1S/C21H23NO3/c1-25-20-10-6-5-9-18(20)16-11-12-22-17(13-16)14-19(21(23)24)15-7-3-2-4-8-15/h2-11,17,19,22H,12-14H2,1H3,(H,23,24). The summed E-state index contributed by atoms with van der Waals surface area (Å²) in [4.78, 5) is 11.8. The van der Waals surface area contributed by atoms with Crippen LogP contribution in [0.2, 0.25) is 0 Å². The van der Waals surface area contributed by atoms with Gasteiger partial charge < -0.3 is 15.2 Å². The van der Waals surface area contributed by atoms with E-state index in [0.29, 0.717) is 6.42 Å². The SMILES string of the molecule is COc1ccccc1C1=CCNC(CC(C(=O)O)c2ccccc2)C1. The summed E-state index contributed by atoms with van der Waals surface area (Å²) in [6.07, 6.45) is 3.51. The second-order valence-corrected chi connectivity index (χ2v) is 6.28. The molecule has 2 unspecified atom stereocenters. The van der Waals surface area contributed by atoms with Gasteiger partial charge in [-0.15, -0.1) is 0 Å². The van der Waals surface area contributed by atoms with Crippen LogP contribution in [0.25, 0.3) is 5.57 Å². The molecule has 0 bridgehead atoms. The normalized spacial score (nSPS) is 18.3. The van der Waals surface area contributed by atoms with Gasteiger partial charge in [-0.1, -0.05) is 54.6 Å². The Balaban J connectivity index is 1.76. The maximum Gasteiger partial charge on any atom is 0.311 e. The maximum atomic E-state index is 11.8. The van der Waals surface area contributed by atoms with E-state index in [0.717, 1.165) is 29.8 Å². The summed E-state index contributed by atoms with van der Waals surface area (Å²) in [7, 11) is 1.67. The van der Waals surface area contributed by atoms with Crippen LogP contribution in [0.4, 0.5) is 0 Å². The van der Waals surface area contributed by atoms with Gasteiger partial charge in [0, 0.05) is 18.2 Å². The number of para-hydroxylation sites is 1. The van der Waals surface area contributed by atoms with Crippen LogP contribution in [-0.2, 0) is 4.79 Å². The van der Waals surface area contributed by atoms with Crippen molar-refractivity contribution < 1.29 is 14.6 Å². The average molecular weight is 337 g/mol. The molecule has 0 saturated heterocycles. The Labute approximate surface area is 148 Å². The third-order valence-electron chi connectivity index (χ3n) is 4.69. The summed E-state index contributed by atoms with van der Waals surface area (Å²) in [6.45, 7) is 0.735. The van der Waals surface area contributed by atoms with Crippen molar-refractivity contribution in [3.05, 3.63) is 71.8 Å². The Kier molecular flexibility index (Phi) is 5.51. The number of carboxylic acid groups (broad SMARTS) is 1. The van der Waals surface area contributed by atoms with Crippen LogP contribution < -0.4 is 10.1 Å². The molecule has 0 spiro atoms. The van der Waals surface area contributed by atoms with Gasteiger partial charge in [-0.05, 0) is 30.0 Å². The smallest absolute Gasteiger partial charge is 0.311 e. The molecule has 3 rings (SSSR count). The van der Waals surface area contributed by atoms with Crippen molar-refractivity contribution in [1.82, 2.24) is 5.32 Å². The molecule has 0 radical (unpaired) electrons. The molecule has 130 valence electrons. The van der Waals surface area contributed by atoms with E-state index in [2.05, 4.69) is 17.5 Å². The lowest BCUT2D eigenvalue weighted by atomic mass is 9.86. The fourth-order valence-corrected chi connectivity index (χ4v) is 3.42. The molecule has 0 aromatic heterocycles. The van der Waals surface area contributed by atoms with Crippen LogP contribution in [0.1, 0.15) is 29.9 Å². The van der Waals surface area contributed by atoms with Crippen LogP contribution in [-0.4, -0.2) is 30.8 Å². The number of benzene rings is 2. The summed E-state index contributed by atoms with van der Waals surface area (Å²) in [5.41, 5.74) is 3.15. The fraction of sp³-hybridized carbons (Fsp3) is 0.286. The first kappa shape index (κ1) is 17.2. The second-order valence-electron chi connectivity index (χ2n) is 6.28. The second kappa shape index (κ2) is 7.99. The highest BCUT2D eigenvalue weighted by Gasteiger charge is 2.26. The van der Waals surface area contributed by atoms with Crippen molar-refractivity contribution in [3.63, 3.8) is 0 Å². The minimum atomic E-state index is -0.776. The Morgan fingerprint density at radius 1 is 1.20 bits per heavy atom. The highest BCUT2D eigenvalue weighted by atomic mass is 16.5. The van der Waals surface area contributed by atoms with Gasteiger partial charge in [0.15, 0.2) is 0 Å². The molecule has 1 heterocycles. The van der Waals surface area contributed by atoms with Gasteiger partial charge in [-0.3, -0.25) is 4.79 Å². The van der Waals surface area contributed by atoms with Crippen molar-refractivity contribution in [3.8, 4) is 5.75 Å². The first-order valence-corrected chi connectivity index (χ1v) is 8.52. The third-order valence-corrected chi connectivity index (χ3v) is 4.69. The van der Waals surface area contributed by atoms with Gasteiger partial charge in [0.2, 0.25) is 0 Å². The molecule has 0 amide bonds. The molecular weight excluding hydrogens is 314 g/mol. The van der Waals surface area contributed by atoms with E-state index in [1.54, 1.807) is 7.11 Å². The van der Waals surface area contributed by atoms with E-state index in [1.165, 1.54) is 5.57 Å². The zero-order chi connectivity index (χ0) is 17.6. The number of ether oxygens (including phenoxy) is 1. The fourth-order valence-electron chi connectivity index (χ4n) is 3.42. The first-order chi connectivity index (χ1) is 12.2. The minimum Gasteiger partial charge on any atom is -0.496 e. The molecule has 25 heavy (non-hydrogen) atoms. The molecular formula is C21H23NO3. The lowest BCUT2D eigenvalue weighted by Gasteiger charge is -2.27. The Morgan fingerprint density at radius 3 is 2.64 bits per heavy atom. The lowest BCUT2D eigenvalue weighted by molar-refractivity contribution is -0.139. The summed E-state index contributed by atoms with van der Waals surface area (Å²) in [5.74, 6) is -0.427. The molecule has 4 nitrogen and oxygen atoms in total. The topological polar surface area (TPSA) is 58.6 Å². The quantitative estimate of drug-likeness (QED) is 0.844. The highest BCUT2D eigenvalue weighted by Crippen LogP contribution is 2.33. The molecule has 2 aromatic rings. The van der Waals surface area contributed by atoms with Gasteiger partial charge in [-0.2, -0.15) is 0 Å². The monoisotopic (exact) mass is 337 g/mol. The zero-order valence-electron chi connectivity index (χ0n) is 14.3. The molecule has 1 aliphatic rings. The van der Waals surface area contributed by atoms with Gasteiger partial charge in [0.1, 0.15) is 5.75 Å². The number of carboxylic acids is 1. The molecule has 1 aliphatic heterocycles. The molecule has 2 atom stereocenters. The molecule has 0 aliphatic carbocycles. The molecule has 2 aromatic carbocycles. The Morgan fingerprint density at radius 2 is 1.92 bits per heavy atom. The number of methoxy groups -OCH3 is 1. The highest BCUT2D eigenvalue weighted by molar-refractivity contribution is 5.76. The van der Waals surface area contributed by atoms with E-state index in [9.17, 15) is 9.90 Å².